The molecule has 0 radical (unpaired) electrons. The molecule has 66 valence electrons. The quantitative estimate of drug-likeness (QED) is 0.289. The van der Waals surface area contributed by atoms with Crippen molar-refractivity contribution in [1.29, 1.82) is 0 Å². The number of ether oxygens (including phenoxy) is 1. The monoisotopic (exact) mass is 163 g/mol. The molecule has 0 bridgehead atoms. The van der Waals surface area contributed by atoms with Gasteiger partial charge in [0.1, 0.15) is 12.8 Å². The molecule has 0 aromatic rings. The minimum Gasteiger partial charge on any atom is -0.399 e. The average molecular weight is 163 g/mol. The predicted molar refractivity (Wildman–Crippen MR) is 39.2 cm³/mol. The first-order chi connectivity index (χ1) is 5.10. The maximum absolute atomic E-state index is 8.42. The molecule has 0 heterocycles. The van der Waals surface area contributed by atoms with E-state index >= 15 is 0 Å². The lowest BCUT2D eigenvalue weighted by Gasteiger charge is -2.22. The van der Waals surface area contributed by atoms with Gasteiger partial charge in [0.05, 0.1) is 0 Å². The summed E-state index contributed by atoms with van der Waals surface area (Å²) in [6.07, 6.45) is 0. The minimum atomic E-state index is -1.23. The van der Waals surface area contributed by atoms with E-state index in [0.717, 1.165) is 0 Å². The minimum absolute atomic E-state index is 0.394. The third kappa shape index (κ3) is 2.45. The summed E-state index contributed by atoms with van der Waals surface area (Å²) in [4.78, 5) is 8.54. The molecule has 0 saturated carbocycles. The smallest absolute Gasteiger partial charge is 0.240 e. The Bertz CT molecular complexity index is 142. The fraction of sp³-hybridized carbons (Fsp3) is 0.833. The van der Waals surface area contributed by atoms with E-state index < -0.39 is 5.79 Å². The van der Waals surface area contributed by atoms with Crippen LogP contribution < -0.4 is 0 Å². The zero-order valence-electron chi connectivity index (χ0n) is 7.12. The molecular formula is C6H13NO4. The molecule has 0 spiro atoms. The van der Waals surface area contributed by atoms with Gasteiger partial charge in [-0.05, 0) is 13.8 Å². The lowest BCUT2D eigenvalue weighted by Crippen LogP contribution is -2.38. The normalized spacial score (nSPS) is 17.7. The molecule has 0 amide bonds. The molecule has 0 aromatic carbocycles. The van der Waals surface area contributed by atoms with E-state index in [1.165, 1.54) is 21.1 Å². The Balaban J connectivity index is 4.36. The highest BCUT2D eigenvalue weighted by Gasteiger charge is 2.29. The van der Waals surface area contributed by atoms with Crippen LogP contribution in [0.5, 0.6) is 0 Å². The standard InChI is InChI=1S/C6H13NO4/c1-5(7-10-4)6(2,9-3)11-8/h8H,1-4H3/b7-5+. The Kier molecular flexibility index (Phi) is 4.02. The van der Waals surface area contributed by atoms with E-state index in [0.29, 0.717) is 5.71 Å². The fourth-order valence-electron chi connectivity index (χ4n) is 0.471. The van der Waals surface area contributed by atoms with E-state index in [2.05, 4.69) is 14.9 Å². The first-order valence-corrected chi connectivity index (χ1v) is 3.06. The molecule has 1 atom stereocenters. The van der Waals surface area contributed by atoms with Crippen molar-refractivity contribution in [2.75, 3.05) is 14.2 Å². The molecule has 0 fully saturated rings. The van der Waals surface area contributed by atoms with Crippen LogP contribution in [0.4, 0.5) is 0 Å². The van der Waals surface area contributed by atoms with Crippen LogP contribution in [0.15, 0.2) is 5.16 Å². The topological polar surface area (TPSA) is 60.3 Å². The Morgan fingerprint density at radius 1 is 1.45 bits per heavy atom. The van der Waals surface area contributed by atoms with Crippen LogP contribution in [-0.4, -0.2) is 31.0 Å². The van der Waals surface area contributed by atoms with Crippen LogP contribution in [0.2, 0.25) is 0 Å². The molecule has 0 aliphatic heterocycles. The molecule has 11 heavy (non-hydrogen) atoms. The van der Waals surface area contributed by atoms with Crippen LogP contribution in [-0.2, 0) is 14.5 Å². The number of oxime groups is 1. The first-order valence-electron chi connectivity index (χ1n) is 3.06. The lowest BCUT2D eigenvalue weighted by molar-refractivity contribution is -0.363. The van der Waals surface area contributed by atoms with Crippen LogP contribution in [0.25, 0.3) is 0 Å². The van der Waals surface area contributed by atoms with Gasteiger partial charge in [-0.3, -0.25) is 0 Å². The summed E-state index contributed by atoms with van der Waals surface area (Å²) in [7, 11) is 2.79. The largest absolute Gasteiger partial charge is 0.399 e. The maximum atomic E-state index is 8.42. The molecule has 0 aromatic heterocycles. The van der Waals surface area contributed by atoms with Gasteiger partial charge in [0.15, 0.2) is 0 Å². The number of methoxy groups -OCH3 is 1. The third-order valence-corrected chi connectivity index (χ3v) is 1.45. The highest BCUT2D eigenvalue weighted by atomic mass is 17.1. The molecule has 0 aliphatic rings. The van der Waals surface area contributed by atoms with Crippen LogP contribution in [0.1, 0.15) is 13.8 Å². The van der Waals surface area contributed by atoms with Gasteiger partial charge >= 0.3 is 0 Å². The van der Waals surface area contributed by atoms with Crippen molar-refractivity contribution < 1.29 is 19.7 Å². The van der Waals surface area contributed by atoms with Gasteiger partial charge in [-0.15, -0.1) is 0 Å². The zero-order valence-corrected chi connectivity index (χ0v) is 7.12. The van der Waals surface area contributed by atoms with E-state index in [4.69, 9.17) is 9.99 Å². The number of rotatable bonds is 4. The van der Waals surface area contributed by atoms with Gasteiger partial charge in [-0.25, -0.2) is 5.26 Å². The summed E-state index contributed by atoms with van der Waals surface area (Å²) in [5.74, 6) is -1.23. The molecule has 1 unspecified atom stereocenters. The summed E-state index contributed by atoms with van der Waals surface area (Å²) in [6.45, 7) is 3.13. The highest BCUT2D eigenvalue weighted by Crippen LogP contribution is 2.11. The molecular weight excluding hydrogens is 150 g/mol. The second-order valence-electron chi connectivity index (χ2n) is 2.10. The Labute approximate surface area is 65.5 Å². The summed E-state index contributed by atoms with van der Waals surface area (Å²) in [5, 5.41) is 12.0. The lowest BCUT2D eigenvalue weighted by atomic mass is 10.2. The van der Waals surface area contributed by atoms with Gasteiger partial charge in [0.2, 0.25) is 5.79 Å². The van der Waals surface area contributed by atoms with Crippen molar-refractivity contribution in [3.63, 3.8) is 0 Å². The predicted octanol–water partition coefficient (Wildman–Crippen LogP) is 0.861. The van der Waals surface area contributed by atoms with Gasteiger partial charge < -0.3 is 9.57 Å². The number of nitrogens with zero attached hydrogens (tertiary/aromatic N) is 1. The van der Waals surface area contributed by atoms with Crippen molar-refractivity contribution in [3.8, 4) is 0 Å². The van der Waals surface area contributed by atoms with Crippen molar-refractivity contribution in [2.24, 2.45) is 5.16 Å². The molecule has 0 aliphatic carbocycles. The average Bonchev–Trinajstić information content (AvgIpc) is 2.03. The van der Waals surface area contributed by atoms with Crippen molar-refractivity contribution in [1.82, 2.24) is 0 Å². The van der Waals surface area contributed by atoms with Crippen LogP contribution in [0.3, 0.4) is 0 Å². The Hall–Kier alpha value is -0.650. The van der Waals surface area contributed by atoms with Crippen LogP contribution >= 0.6 is 0 Å². The highest BCUT2D eigenvalue weighted by molar-refractivity contribution is 5.88. The van der Waals surface area contributed by atoms with Gasteiger partial charge in [-0.1, -0.05) is 5.16 Å². The fourth-order valence-corrected chi connectivity index (χ4v) is 0.471. The van der Waals surface area contributed by atoms with E-state index in [1.807, 2.05) is 0 Å². The van der Waals surface area contributed by atoms with Gasteiger partial charge in [0.25, 0.3) is 0 Å². The molecule has 1 N–H and O–H groups in total. The summed E-state index contributed by atoms with van der Waals surface area (Å²) in [5.41, 5.74) is 0.394. The first kappa shape index (κ1) is 10.3. The van der Waals surface area contributed by atoms with E-state index in [1.54, 1.807) is 6.92 Å². The molecule has 0 saturated heterocycles. The Morgan fingerprint density at radius 2 is 2.00 bits per heavy atom. The Morgan fingerprint density at radius 3 is 2.27 bits per heavy atom. The molecule has 5 heteroatoms. The molecule has 5 nitrogen and oxygen atoms in total. The van der Waals surface area contributed by atoms with Crippen molar-refractivity contribution in [3.05, 3.63) is 0 Å². The van der Waals surface area contributed by atoms with E-state index in [9.17, 15) is 0 Å². The number of hydrogen-bond acceptors (Lipinski definition) is 5. The summed E-state index contributed by atoms with van der Waals surface area (Å²) in [6, 6.07) is 0. The molecule has 0 rings (SSSR count). The third-order valence-electron chi connectivity index (χ3n) is 1.45. The van der Waals surface area contributed by atoms with Crippen molar-refractivity contribution in [2.45, 2.75) is 19.6 Å². The number of hydrogen-bond donors (Lipinski definition) is 1. The second kappa shape index (κ2) is 4.27. The van der Waals surface area contributed by atoms with Gasteiger partial charge in [0, 0.05) is 7.11 Å². The maximum Gasteiger partial charge on any atom is 0.240 e. The van der Waals surface area contributed by atoms with Crippen molar-refractivity contribution >= 4 is 5.71 Å². The summed E-state index contributed by atoms with van der Waals surface area (Å²) < 4.78 is 4.82. The van der Waals surface area contributed by atoms with Crippen LogP contribution in [0, 0.1) is 0 Å². The van der Waals surface area contributed by atoms with Gasteiger partial charge in [-0.2, -0.15) is 4.89 Å². The summed E-state index contributed by atoms with van der Waals surface area (Å²) >= 11 is 0. The zero-order chi connectivity index (χ0) is 8.91. The SMILES string of the molecule is CO/N=C(\C)C(C)(OC)OO. The van der Waals surface area contributed by atoms with E-state index in [-0.39, 0.29) is 0 Å². The second-order valence-corrected chi connectivity index (χ2v) is 2.10.